The van der Waals surface area contributed by atoms with Gasteiger partial charge in [0.2, 0.25) is 5.82 Å². The van der Waals surface area contributed by atoms with E-state index in [1.807, 2.05) is 44.2 Å². The van der Waals surface area contributed by atoms with Crippen molar-refractivity contribution in [2.45, 2.75) is 27.3 Å². The molecule has 9 nitrogen and oxygen atoms in total. The number of aromatic nitrogens is 4. The largest absolute Gasteiger partial charge is 0.459 e. The molecule has 0 radical (unpaired) electrons. The molecule has 3 aromatic heterocycles. The topological polar surface area (TPSA) is 116 Å². The van der Waals surface area contributed by atoms with Crippen LogP contribution in [-0.4, -0.2) is 25.6 Å². The quantitative estimate of drug-likeness (QED) is 0.412. The predicted octanol–water partition coefficient (Wildman–Crippen LogP) is 4.60. The monoisotopic (exact) mass is 455 g/mol. The molecule has 0 fully saturated rings. The summed E-state index contributed by atoms with van der Waals surface area (Å²) in [4.78, 5) is 33.7. The van der Waals surface area contributed by atoms with Crippen molar-refractivity contribution in [2.24, 2.45) is 0 Å². The lowest BCUT2D eigenvalue weighted by Crippen LogP contribution is -2.23. The van der Waals surface area contributed by atoms with E-state index in [0.717, 1.165) is 11.1 Å². The van der Waals surface area contributed by atoms with E-state index in [1.165, 1.54) is 6.26 Å². The summed E-state index contributed by atoms with van der Waals surface area (Å²) in [5.74, 6) is 0.582. The Kier molecular flexibility index (Phi) is 5.29. The summed E-state index contributed by atoms with van der Waals surface area (Å²) in [7, 11) is 0. The van der Waals surface area contributed by atoms with E-state index in [2.05, 4.69) is 20.4 Å². The second kappa shape index (κ2) is 8.43. The molecule has 0 saturated carbocycles. The van der Waals surface area contributed by atoms with Crippen LogP contribution in [0.2, 0.25) is 0 Å². The third-order valence-electron chi connectivity index (χ3n) is 5.59. The highest BCUT2D eigenvalue weighted by Crippen LogP contribution is 2.28. The highest BCUT2D eigenvalue weighted by atomic mass is 16.5. The van der Waals surface area contributed by atoms with Crippen molar-refractivity contribution < 1.29 is 13.7 Å². The number of aryl methyl sites for hydroxylation is 3. The van der Waals surface area contributed by atoms with Crippen LogP contribution in [0, 0.1) is 13.8 Å². The molecule has 170 valence electrons. The number of carbonyl (C=O) groups is 1. The minimum atomic E-state index is -0.346. The summed E-state index contributed by atoms with van der Waals surface area (Å²) in [5.41, 5.74) is 4.64. The van der Waals surface area contributed by atoms with E-state index < -0.39 is 0 Å². The molecule has 0 aliphatic rings. The maximum absolute atomic E-state index is 12.4. The number of nitrogens with one attached hydrogen (secondary N) is 1. The molecule has 1 amide bonds. The van der Waals surface area contributed by atoms with Gasteiger partial charge in [0.15, 0.2) is 5.76 Å². The fraction of sp³-hybridized carbons (Fsp3) is 0.160. The Bertz CT molecular complexity index is 1580. The number of furan rings is 1. The SMILES string of the molecule is CCn1c(=O)c(C)nc2cc(-c3noc(-c4ccc(C)c(NC(=O)c5ccco5)c4)n3)ccc21. The van der Waals surface area contributed by atoms with Gasteiger partial charge in [-0.3, -0.25) is 9.59 Å². The molecule has 2 aromatic carbocycles. The van der Waals surface area contributed by atoms with Crippen LogP contribution in [0.25, 0.3) is 33.9 Å². The number of hydrogen-bond donors (Lipinski definition) is 1. The molecule has 0 saturated heterocycles. The van der Waals surface area contributed by atoms with E-state index in [9.17, 15) is 9.59 Å². The van der Waals surface area contributed by atoms with E-state index in [4.69, 9.17) is 8.94 Å². The summed E-state index contributed by atoms with van der Waals surface area (Å²) in [6.45, 7) is 6.07. The Morgan fingerprint density at radius 2 is 1.88 bits per heavy atom. The van der Waals surface area contributed by atoms with Gasteiger partial charge in [-0.15, -0.1) is 0 Å². The highest BCUT2D eigenvalue weighted by Gasteiger charge is 2.16. The molecule has 0 atom stereocenters. The van der Waals surface area contributed by atoms with Crippen molar-refractivity contribution in [3.05, 3.63) is 82.2 Å². The number of carbonyl (C=O) groups excluding carboxylic acids is 1. The van der Waals surface area contributed by atoms with Crippen molar-refractivity contribution in [3.8, 4) is 22.8 Å². The third-order valence-corrected chi connectivity index (χ3v) is 5.59. The first-order chi connectivity index (χ1) is 16.4. The van der Waals surface area contributed by atoms with Gasteiger partial charge in [-0.05, 0) is 68.8 Å². The Hall–Kier alpha value is -4.53. The van der Waals surface area contributed by atoms with Crippen molar-refractivity contribution in [1.82, 2.24) is 19.7 Å². The van der Waals surface area contributed by atoms with E-state index >= 15 is 0 Å². The molecular weight excluding hydrogens is 434 g/mol. The molecule has 0 bridgehead atoms. The van der Waals surface area contributed by atoms with Crippen LogP contribution in [0.15, 0.2) is 68.5 Å². The van der Waals surface area contributed by atoms with Gasteiger partial charge in [-0.25, -0.2) is 4.98 Å². The van der Waals surface area contributed by atoms with Crippen LogP contribution in [-0.2, 0) is 6.54 Å². The first-order valence-electron chi connectivity index (χ1n) is 10.8. The van der Waals surface area contributed by atoms with Crippen molar-refractivity contribution in [2.75, 3.05) is 5.32 Å². The predicted molar refractivity (Wildman–Crippen MR) is 127 cm³/mol. The number of hydrogen-bond acceptors (Lipinski definition) is 7. The molecular formula is C25H21N5O4. The summed E-state index contributed by atoms with van der Waals surface area (Å²) in [6, 6.07) is 14.3. The number of nitrogens with zero attached hydrogens (tertiary/aromatic N) is 4. The molecule has 34 heavy (non-hydrogen) atoms. The lowest BCUT2D eigenvalue weighted by molar-refractivity contribution is 0.0996. The van der Waals surface area contributed by atoms with Gasteiger partial charge in [0.1, 0.15) is 5.69 Å². The Morgan fingerprint density at radius 1 is 1.06 bits per heavy atom. The standard InChI is InChI=1S/C25H21N5O4/c1-4-30-20-10-9-16(12-19(20)26-15(3)25(30)32)22-28-24(34-29-22)17-8-7-14(2)18(13-17)27-23(31)21-6-5-11-33-21/h5-13H,4H2,1-3H3,(H,27,31). The number of amides is 1. The molecule has 0 aliphatic heterocycles. The van der Waals surface area contributed by atoms with E-state index in [-0.39, 0.29) is 17.2 Å². The van der Waals surface area contributed by atoms with Gasteiger partial charge in [-0.2, -0.15) is 4.98 Å². The van der Waals surface area contributed by atoms with Gasteiger partial charge >= 0.3 is 0 Å². The van der Waals surface area contributed by atoms with Crippen LogP contribution < -0.4 is 10.9 Å². The zero-order valence-corrected chi connectivity index (χ0v) is 18.8. The lowest BCUT2D eigenvalue weighted by atomic mass is 10.1. The molecule has 0 unspecified atom stereocenters. The molecule has 0 aliphatic carbocycles. The van der Waals surface area contributed by atoms with Gasteiger partial charge in [0.05, 0.1) is 17.3 Å². The Morgan fingerprint density at radius 3 is 2.65 bits per heavy atom. The highest BCUT2D eigenvalue weighted by molar-refractivity contribution is 6.02. The minimum Gasteiger partial charge on any atom is -0.459 e. The zero-order valence-electron chi connectivity index (χ0n) is 18.8. The number of benzene rings is 2. The molecule has 0 spiro atoms. The molecule has 9 heteroatoms. The lowest BCUT2D eigenvalue weighted by Gasteiger charge is -2.09. The van der Waals surface area contributed by atoms with Crippen LogP contribution in [0.4, 0.5) is 5.69 Å². The average molecular weight is 455 g/mol. The van der Waals surface area contributed by atoms with Gasteiger partial charge in [0.25, 0.3) is 17.4 Å². The number of fused-ring (bicyclic) bond motifs is 1. The summed E-state index contributed by atoms with van der Waals surface area (Å²) < 4.78 is 12.4. The van der Waals surface area contributed by atoms with Gasteiger partial charge < -0.3 is 18.8 Å². The molecule has 5 rings (SSSR count). The second-order valence-electron chi connectivity index (χ2n) is 7.83. The first-order valence-corrected chi connectivity index (χ1v) is 10.8. The number of rotatable bonds is 5. The van der Waals surface area contributed by atoms with Gasteiger partial charge in [0, 0.05) is 23.4 Å². The van der Waals surface area contributed by atoms with Gasteiger partial charge in [-0.1, -0.05) is 11.2 Å². The van der Waals surface area contributed by atoms with Crippen molar-refractivity contribution >= 4 is 22.6 Å². The summed E-state index contributed by atoms with van der Waals surface area (Å²) >= 11 is 0. The molecule has 1 N–H and O–H groups in total. The fourth-order valence-electron chi connectivity index (χ4n) is 3.77. The zero-order chi connectivity index (χ0) is 23.8. The molecule has 5 aromatic rings. The van der Waals surface area contributed by atoms with E-state index in [1.54, 1.807) is 29.7 Å². The second-order valence-corrected chi connectivity index (χ2v) is 7.83. The number of anilines is 1. The van der Waals surface area contributed by atoms with Crippen LogP contribution in [0.5, 0.6) is 0 Å². The Labute approximate surface area is 194 Å². The van der Waals surface area contributed by atoms with Crippen LogP contribution >= 0.6 is 0 Å². The normalized spacial score (nSPS) is 11.1. The smallest absolute Gasteiger partial charge is 0.291 e. The summed E-state index contributed by atoms with van der Waals surface area (Å²) in [6.07, 6.45) is 1.45. The van der Waals surface area contributed by atoms with E-state index in [0.29, 0.717) is 46.3 Å². The maximum atomic E-state index is 12.4. The molecule has 3 heterocycles. The third kappa shape index (κ3) is 3.77. The Balaban J connectivity index is 1.47. The minimum absolute atomic E-state index is 0.0982. The van der Waals surface area contributed by atoms with Crippen molar-refractivity contribution in [3.63, 3.8) is 0 Å². The summed E-state index contributed by atoms with van der Waals surface area (Å²) in [5, 5.41) is 6.96. The first kappa shape index (κ1) is 21.3. The maximum Gasteiger partial charge on any atom is 0.291 e. The van der Waals surface area contributed by atoms with Crippen molar-refractivity contribution in [1.29, 1.82) is 0 Å². The fourth-order valence-corrected chi connectivity index (χ4v) is 3.77. The van der Waals surface area contributed by atoms with Crippen LogP contribution in [0.3, 0.4) is 0 Å². The average Bonchev–Trinajstić information content (AvgIpc) is 3.54. The van der Waals surface area contributed by atoms with Crippen LogP contribution in [0.1, 0.15) is 28.7 Å².